The first-order chi connectivity index (χ1) is 52.4. The Morgan fingerprint density at radius 2 is 0.718 bits per heavy atom. The Morgan fingerprint density at radius 3 is 1.04 bits per heavy atom. The second kappa shape index (κ2) is 36.1. The first-order valence-corrected chi connectivity index (χ1v) is 35.1. The molecule has 5 N–H and O–H groups in total. The minimum atomic E-state index is -1.21. The smallest absolute Gasteiger partial charge is 0.320 e. The van der Waals surface area contributed by atoms with Crippen molar-refractivity contribution in [2.24, 2.45) is 0 Å². The van der Waals surface area contributed by atoms with E-state index in [9.17, 15) is 56.7 Å². The first kappa shape index (κ1) is 82.5. The summed E-state index contributed by atoms with van der Waals surface area (Å²) in [6.45, 7) is 10.7. The maximum Gasteiger partial charge on any atom is 0.320 e. The van der Waals surface area contributed by atoms with Gasteiger partial charge in [-0.1, -0.05) is 104 Å². The van der Waals surface area contributed by atoms with Gasteiger partial charge in [-0.3, -0.25) is 69.5 Å². The van der Waals surface area contributed by atoms with Crippen LogP contribution in [0.5, 0.6) is 0 Å². The second-order valence-electron chi connectivity index (χ2n) is 27.2. The number of aromatic nitrogens is 8. The van der Waals surface area contributed by atoms with Gasteiger partial charge in [0, 0.05) is 55.0 Å². The third-order valence-corrected chi connectivity index (χ3v) is 21.1. The van der Waals surface area contributed by atoms with Crippen molar-refractivity contribution in [3.8, 4) is 0 Å². The molecule has 4 aromatic heterocycles. The van der Waals surface area contributed by atoms with E-state index in [1.165, 1.54) is 44.6 Å². The van der Waals surface area contributed by atoms with Gasteiger partial charge in [0.2, 0.25) is 0 Å². The molecule has 572 valence electrons. The van der Waals surface area contributed by atoms with Crippen LogP contribution >= 0.6 is 0 Å². The van der Waals surface area contributed by atoms with Crippen LogP contribution in [-0.4, -0.2) is 100.0 Å². The Balaban J connectivity index is 0.000000158. The fraction of sp³-hybridized carbons (Fsp3) is 0.294. The zero-order chi connectivity index (χ0) is 78.3. The van der Waals surface area contributed by atoms with Crippen LogP contribution in [0.1, 0.15) is 157 Å². The fourth-order valence-corrected chi connectivity index (χ4v) is 15.3. The van der Waals surface area contributed by atoms with Crippen LogP contribution in [-0.2, 0) is 60.8 Å². The molecule has 25 heteroatoms. The molecule has 4 heterocycles. The summed E-state index contributed by atoms with van der Waals surface area (Å²) in [7, 11) is 2.86. The highest BCUT2D eigenvalue weighted by Gasteiger charge is 2.48. The van der Waals surface area contributed by atoms with Gasteiger partial charge in [-0.05, 0) is 214 Å². The van der Waals surface area contributed by atoms with Crippen molar-refractivity contribution in [1.82, 2.24) is 50.8 Å². The largest absolute Gasteiger partial charge is 0.480 e. The Kier molecular flexibility index (Phi) is 27.1. The zero-order valence-electron chi connectivity index (χ0n) is 61.4. The predicted octanol–water partition coefficient (Wildman–Crippen LogP) is 15.8. The highest BCUT2D eigenvalue weighted by atomic mass is 19.1. The SMILES string of the molecule is C.COC(=O)C1(c2cccc(F)c2C)C=C(C)CC1.COOCC1(c2cccc(F)c2C)C=C(c2cnccn2)CC1.Cc1c(F)cccc1C1(C(=O)O)C=C(c2cnccn2)CC1.Cc1c(F)cccc1[C@@]1(C(=O)NO)C=C(c2cnccn2)CC1.Cc1c(F)cccc1[C@]1(C(=O)NO)C=C(c2cnccn2)CC1. The van der Waals surface area contributed by atoms with Gasteiger partial charge in [0.05, 0.1) is 79.2 Å². The average molecular weight is 1500 g/mol. The standard InChI is InChI=1S/C18H19FN2O2.2C17H16FN3O2.C17H15FN2O2.C15H17FO2.CH4/c1-13-15(4-3-5-16(13)19)18(12-23-22-2)7-6-14(10-18)17-11-20-8-9-21-17;2*1-11-13(3-2-4-14(11)18)17(16(22)21-23)6-5-12(9-17)15-10-19-7-8-20-15;1-11-13(3-2-4-14(11)18)17(16(21)22)6-5-12(9-17)15-10-19-7-8-20-15;1-10-7-8-15(9-10,14(17)18-3)12-5-4-6-13(16)11(12)2;/h3-5,8-11H,6-7,12H2,1-2H3;2*2-4,7-10,23H,5-6H2,1H3,(H,21,22);2-4,7-10H,5-6H2,1H3,(H,21,22);4-6,9H,7-8H2,1-3H3;1H4/t;2*17-;;;/m.10.../s1. The van der Waals surface area contributed by atoms with E-state index in [2.05, 4.69) is 45.9 Å². The monoisotopic (exact) mass is 1500 g/mol. The minimum absolute atomic E-state index is 0. The Bertz CT molecular complexity index is 4850. The Morgan fingerprint density at radius 1 is 0.409 bits per heavy atom. The number of hydroxylamine groups is 2. The van der Waals surface area contributed by atoms with E-state index in [0.29, 0.717) is 119 Å². The van der Waals surface area contributed by atoms with Crippen LogP contribution < -0.4 is 11.0 Å². The quantitative estimate of drug-likeness (QED) is 0.0150. The lowest BCUT2D eigenvalue weighted by Gasteiger charge is -2.28. The molecule has 5 atom stereocenters. The number of allylic oxidation sites excluding steroid dienone is 5. The number of hydrogen-bond donors (Lipinski definition) is 5. The first-order valence-electron chi connectivity index (χ1n) is 35.1. The summed E-state index contributed by atoms with van der Waals surface area (Å²) in [4.78, 5) is 92.3. The number of rotatable bonds is 16. The number of carbonyl (C=O) groups excluding carboxylic acids is 3. The molecule has 5 aliphatic carbocycles. The number of benzene rings is 5. The lowest BCUT2D eigenvalue weighted by Crippen LogP contribution is -2.41. The van der Waals surface area contributed by atoms with Crippen molar-refractivity contribution >= 4 is 46.0 Å². The molecule has 5 aromatic carbocycles. The van der Waals surface area contributed by atoms with Gasteiger partial charge >= 0.3 is 11.9 Å². The molecule has 0 spiro atoms. The van der Waals surface area contributed by atoms with Gasteiger partial charge in [0.1, 0.15) is 39.9 Å². The van der Waals surface area contributed by atoms with Gasteiger partial charge in [0.15, 0.2) is 0 Å². The molecule has 5 aliphatic rings. The van der Waals surface area contributed by atoms with E-state index in [1.807, 2.05) is 25.1 Å². The highest BCUT2D eigenvalue weighted by Crippen LogP contribution is 2.49. The lowest BCUT2D eigenvalue weighted by molar-refractivity contribution is -0.280. The number of aliphatic carboxylic acids is 1. The van der Waals surface area contributed by atoms with Gasteiger partial charge in [0.25, 0.3) is 11.8 Å². The van der Waals surface area contributed by atoms with Crippen molar-refractivity contribution in [3.63, 3.8) is 0 Å². The molecule has 3 unspecified atom stereocenters. The van der Waals surface area contributed by atoms with Crippen LogP contribution in [0.4, 0.5) is 22.0 Å². The Hall–Kier alpha value is -11.5. The number of carbonyl (C=O) groups is 4. The van der Waals surface area contributed by atoms with E-state index in [0.717, 1.165) is 58.4 Å². The predicted molar refractivity (Wildman–Crippen MR) is 403 cm³/mol. The molecular formula is C85H87F5N10O10. The highest BCUT2D eigenvalue weighted by molar-refractivity contribution is 5.95. The summed E-state index contributed by atoms with van der Waals surface area (Å²) in [5.74, 6) is -4.08. The summed E-state index contributed by atoms with van der Waals surface area (Å²) in [6.07, 6.45) is 34.7. The number of ether oxygens (including phenoxy) is 1. The van der Waals surface area contributed by atoms with Crippen LogP contribution in [0, 0.1) is 63.7 Å². The number of carboxylic acid groups (broad SMARTS) is 1. The number of amides is 2. The maximum atomic E-state index is 14.0. The van der Waals surface area contributed by atoms with Gasteiger partial charge in [-0.25, -0.2) is 42.7 Å². The Labute approximate surface area is 635 Å². The van der Waals surface area contributed by atoms with E-state index < -0.39 is 44.9 Å². The van der Waals surface area contributed by atoms with Crippen molar-refractivity contribution in [2.75, 3.05) is 20.8 Å². The van der Waals surface area contributed by atoms with Crippen molar-refractivity contribution < 1.29 is 71.2 Å². The van der Waals surface area contributed by atoms with Gasteiger partial charge in [-0.15, -0.1) is 0 Å². The molecular weight excluding hydrogens is 1420 g/mol. The van der Waals surface area contributed by atoms with E-state index in [4.69, 9.17) is 14.5 Å². The van der Waals surface area contributed by atoms with Crippen molar-refractivity contribution in [3.05, 3.63) is 309 Å². The molecule has 0 radical (unpaired) electrons. The van der Waals surface area contributed by atoms with Crippen LogP contribution in [0.25, 0.3) is 22.3 Å². The summed E-state index contributed by atoms with van der Waals surface area (Å²) in [5, 5.41) is 28.2. The van der Waals surface area contributed by atoms with E-state index in [-0.39, 0.29) is 42.5 Å². The lowest BCUT2D eigenvalue weighted by atomic mass is 9.77. The van der Waals surface area contributed by atoms with Crippen LogP contribution in [0.15, 0.2) is 201 Å². The average Bonchev–Trinajstić information content (AvgIpc) is 1.60. The topological polar surface area (TPSA) is 284 Å². The van der Waals surface area contributed by atoms with Crippen molar-refractivity contribution in [2.45, 2.75) is 140 Å². The molecule has 9 aromatic rings. The summed E-state index contributed by atoms with van der Waals surface area (Å²) in [6, 6.07) is 23.9. The normalized spacial score (nSPS) is 20.6. The second-order valence-corrected chi connectivity index (χ2v) is 27.2. The third-order valence-electron chi connectivity index (χ3n) is 21.1. The molecule has 14 rings (SSSR count). The van der Waals surface area contributed by atoms with E-state index >= 15 is 0 Å². The summed E-state index contributed by atoms with van der Waals surface area (Å²) in [5.41, 5.74) is 12.0. The summed E-state index contributed by atoms with van der Waals surface area (Å²) < 4.78 is 74.4. The molecule has 0 saturated carbocycles. The van der Waals surface area contributed by atoms with Crippen molar-refractivity contribution in [1.29, 1.82) is 0 Å². The number of carboxylic acids is 1. The maximum absolute atomic E-state index is 14.0. The summed E-state index contributed by atoms with van der Waals surface area (Å²) >= 11 is 0. The van der Waals surface area contributed by atoms with Gasteiger partial charge in [-0.2, -0.15) is 0 Å². The zero-order valence-corrected chi connectivity index (χ0v) is 61.4. The fourth-order valence-electron chi connectivity index (χ4n) is 15.3. The number of methoxy groups -OCH3 is 1. The molecule has 0 fully saturated rings. The number of hydrogen-bond acceptors (Lipinski definition) is 17. The number of nitrogens with zero attached hydrogens (tertiary/aromatic N) is 8. The number of halogens is 5. The number of esters is 1. The molecule has 20 nitrogen and oxygen atoms in total. The van der Waals surface area contributed by atoms with Gasteiger partial charge < -0.3 is 9.84 Å². The third kappa shape index (κ3) is 17.2. The molecule has 0 bridgehead atoms. The molecule has 0 aliphatic heterocycles. The number of nitrogens with one attached hydrogen (secondary N) is 2. The molecule has 110 heavy (non-hydrogen) atoms. The molecule has 2 amide bonds. The van der Waals surface area contributed by atoms with E-state index in [1.54, 1.807) is 187 Å². The molecule has 0 saturated heterocycles. The minimum Gasteiger partial charge on any atom is -0.480 e. The van der Waals surface area contributed by atoms with Crippen LogP contribution in [0.3, 0.4) is 0 Å². The van der Waals surface area contributed by atoms with Crippen LogP contribution in [0.2, 0.25) is 0 Å².